The summed E-state index contributed by atoms with van der Waals surface area (Å²) in [5.74, 6) is -3.26. The maximum atomic E-state index is 11.6. The molecule has 0 aliphatic rings. The Balaban J connectivity index is 2.62. The molecule has 0 saturated heterocycles. The van der Waals surface area contributed by atoms with Gasteiger partial charge in [0, 0.05) is 0 Å². The summed E-state index contributed by atoms with van der Waals surface area (Å²) in [6, 6.07) is 6.45. The predicted octanol–water partition coefficient (Wildman–Crippen LogP) is 0.185. The fraction of sp³-hybridized carbons (Fsp3) is 0.333. The van der Waals surface area contributed by atoms with E-state index in [0.29, 0.717) is 11.4 Å². The molecule has 0 aromatic heterocycles. The van der Waals surface area contributed by atoms with Crippen LogP contribution in [0.5, 0.6) is 0 Å². The van der Waals surface area contributed by atoms with E-state index in [1.165, 1.54) is 0 Å². The number of anilines is 2. The number of nitrogens with one attached hydrogen (secondary N) is 1. The van der Waals surface area contributed by atoms with E-state index in [0.717, 1.165) is 0 Å². The Bertz CT molecular complexity index is 598. The number of benzene rings is 1. The maximum absolute atomic E-state index is 11.6. The van der Waals surface area contributed by atoms with Gasteiger partial charge in [-0.1, -0.05) is 12.1 Å². The van der Waals surface area contributed by atoms with Crippen LogP contribution in [0.15, 0.2) is 24.3 Å². The van der Waals surface area contributed by atoms with Gasteiger partial charge in [0.2, 0.25) is 5.91 Å². The van der Waals surface area contributed by atoms with E-state index in [1.807, 2.05) is 0 Å². The predicted molar refractivity (Wildman–Crippen MR) is 74.8 cm³/mol. The number of para-hydroxylation sites is 2. The second kappa shape index (κ2) is 6.90. The van der Waals surface area contributed by atoms with Crippen LogP contribution in [0.25, 0.3) is 0 Å². The van der Waals surface area contributed by atoms with Crippen LogP contribution in [0, 0.1) is 0 Å². The summed E-state index contributed by atoms with van der Waals surface area (Å²) >= 11 is 0. The number of nitrogens with two attached hydrogens (primary N) is 1. The number of esters is 1. The third-order valence-corrected chi connectivity index (χ3v) is 3.61. The number of rotatable bonds is 6. The minimum atomic E-state index is -3.86. The second-order valence-corrected chi connectivity index (χ2v) is 6.04. The molecule has 1 amide bonds. The van der Waals surface area contributed by atoms with E-state index in [2.05, 4.69) is 10.1 Å². The highest BCUT2D eigenvalue weighted by molar-refractivity contribution is 7.92. The van der Waals surface area contributed by atoms with Crippen molar-refractivity contribution >= 4 is 33.1 Å². The highest BCUT2D eigenvalue weighted by atomic mass is 32.2. The molecule has 3 N–H and O–H groups in total. The highest BCUT2D eigenvalue weighted by Crippen LogP contribution is 2.16. The zero-order valence-corrected chi connectivity index (χ0v) is 11.8. The van der Waals surface area contributed by atoms with Crippen LogP contribution in [0.2, 0.25) is 0 Å². The molecule has 0 aliphatic heterocycles. The van der Waals surface area contributed by atoms with E-state index in [1.54, 1.807) is 31.2 Å². The van der Waals surface area contributed by atoms with Crippen molar-refractivity contribution in [3.8, 4) is 0 Å². The van der Waals surface area contributed by atoms with Crippen molar-refractivity contribution in [1.29, 1.82) is 0 Å². The fourth-order valence-electron chi connectivity index (χ4n) is 1.43. The topological polar surface area (TPSA) is 116 Å². The standard InChI is InChI=1S/C12H16N2O5S/c1-2-19-12(16)8-20(17,18)7-11(15)14-10-6-4-3-5-9(10)13/h3-6H,2,7-8,13H2,1H3,(H,14,15). The van der Waals surface area contributed by atoms with Crippen molar-refractivity contribution in [3.63, 3.8) is 0 Å². The van der Waals surface area contributed by atoms with Crippen LogP contribution in [0.3, 0.4) is 0 Å². The maximum Gasteiger partial charge on any atom is 0.321 e. The van der Waals surface area contributed by atoms with Gasteiger partial charge in [-0.15, -0.1) is 0 Å². The summed E-state index contributed by atoms with van der Waals surface area (Å²) in [5, 5.41) is 2.38. The van der Waals surface area contributed by atoms with Gasteiger partial charge >= 0.3 is 5.97 Å². The molecule has 0 fully saturated rings. The van der Waals surface area contributed by atoms with Crippen LogP contribution in [0.4, 0.5) is 11.4 Å². The third-order valence-electron chi connectivity index (χ3n) is 2.23. The Kier molecular flexibility index (Phi) is 5.51. The lowest BCUT2D eigenvalue weighted by Crippen LogP contribution is -2.28. The van der Waals surface area contributed by atoms with Gasteiger partial charge in [0.15, 0.2) is 9.84 Å². The molecule has 0 aliphatic carbocycles. The number of ether oxygens (including phenoxy) is 1. The van der Waals surface area contributed by atoms with Gasteiger partial charge in [-0.25, -0.2) is 8.42 Å². The van der Waals surface area contributed by atoms with E-state index >= 15 is 0 Å². The van der Waals surface area contributed by atoms with Crippen molar-refractivity contribution < 1.29 is 22.7 Å². The lowest BCUT2D eigenvalue weighted by Gasteiger charge is -2.08. The van der Waals surface area contributed by atoms with Gasteiger partial charge < -0.3 is 15.8 Å². The monoisotopic (exact) mass is 300 g/mol. The van der Waals surface area contributed by atoms with Crippen molar-refractivity contribution in [2.75, 3.05) is 29.2 Å². The van der Waals surface area contributed by atoms with Crippen molar-refractivity contribution in [3.05, 3.63) is 24.3 Å². The number of sulfone groups is 1. The number of carbonyl (C=O) groups is 2. The number of carbonyl (C=O) groups excluding carboxylic acids is 2. The molecule has 0 atom stereocenters. The minimum Gasteiger partial charge on any atom is -0.465 e. The molecular formula is C12H16N2O5S. The first-order valence-electron chi connectivity index (χ1n) is 5.84. The average Bonchev–Trinajstić information content (AvgIpc) is 2.30. The smallest absolute Gasteiger partial charge is 0.321 e. The first-order valence-corrected chi connectivity index (χ1v) is 7.66. The van der Waals surface area contributed by atoms with Gasteiger partial charge in [-0.05, 0) is 19.1 Å². The molecule has 1 aromatic carbocycles. The number of nitrogen functional groups attached to an aromatic ring is 1. The minimum absolute atomic E-state index is 0.0844. The lowest BCUT2D eigenvalue weighted by atomic mass is 10.3. The zero-order valence-electron chi connectivity index (χ0n) is 11.0. The second-order valence-electron chi connectivity index (χ2n) is 3.97. The van der Waals surface area contributed by atoms with E-state index in [-0.39, 0.29) is 6.61 Å². The van der Waals surface area contributed by atoms with Crippen LogP contribution in [0.1, 0.15) is 6.92 Å². The van der Waals surface area contributed by atoms with E-state index in [9.17, 15) is 18.0 Å². The Morgan fingerprint density at radius 2 is 1.90 bits per heavy atom. The van der Waals surface area contributed by atoms with Crippen LogP contribution < -0.4 is 11.1 Å². The zero-order chi connectivity index (χ0) is 15.2. The summed E-state index contributed by atoms with van der Waals surface area (Å²) in [6.07, 6.45) is 0. The van der Waals surface area contributed by atoms with E-state index < -0.39 is 33.2 Å². The Morgan fingerprint density at radius 3 is 2.50 bits per heavy atom. The molecule has 1 rings (SSSR count). The van der Waals surface area contributed by atoms with E-state index in [4.69, 9.17) is 5.73 Å². The lowest BCUT2D eigenvalue weighted by molar-refractivity contribution is -0.139. The molecule has 0 radical (unpaired) electrons. The number of hydrogen-bond donors (Lipinski definition) is 2. The quantitative estimate of drug-likeness (QED) is 0.572. The largest absolute Gasteiger partial charge is 0.465 e. The summed E-state index contributed by atoms with van der Waals surface area (Å²) < 4.78 is 27.7. The summed E-state index contributed by atoms with van der Waals surface area (Å²) in [4.78, 5) is 22.7. The summed E-state index contributed by atoms with van der Waals surface area (Å²) in [6.45, 7) is 1.65. The average molecular weight is 300 g/mol. The Labute approximate surface area is 117 Å². The van der Waals surface area contributed by atoms with Gasteiger partial charge in [-0.2, -0.15) is 0 Å². The fourth-order valence-corrected chi connectivity index (χ4v) is 2.45. The molecule has 0 heterocycles. The molecular weight excluding hydrogens is 284 g/mol. The van der Waals surface area contributed by atoms with Crippen molar-refractivity contribution in [2.24, 2.45) is 0 Å². The molecule has 7 nitrogen and oxygen atoms in total. The molecule has 0 unspecified atom stereocenters. The Hall–Kier alpha value is -2.09. The van der Waals surface area contributed by atoms with Gasteiger partial charge in [0.1, 0.15) is 11.5 Å². The van der Waals surface area contributed by atoms with Crippen LogP contribution in [-0.2, 0) is 24.2 Å². The first-order chi connectivity index (χ1) is 9.34. The molecule has 20 heavy (non-hydrogen) atoms. The molecule has 0 bridgehead atoms. The first kappa shape index (κ1) is 16.0. The summed E-state index contributed by atoms with van der Waals surface area (Å²) in [5.41, 5.74) is 6.26. The number of hydrogen-bond acceptors (Lipinski definition) is 6. The number of amides is 1. The molecule has 1 aromatic rings. The van der Waals surface area contributed by atoms with Gasteiger partial charge in [-0.3, -0.25) is 9.59 Å². The molecule has 8 heteroatoms. The highest BCUT2D eigenvalue weighted by Gasteiger charge is 2.21. The molecule has 0 saturated carbocycles. The van der Waals surface area contributed by atoms with Crippen LogP contribution in [-0.4, -0.2) is 38.4 Å². The molecule has 110 valence electrons. The molecule has 0 spiro atoms. The third kappa shape index (κ3) is 5.27. The SMILES string of the molecule is CCOC(=O)CS(=O)(=O)CC(=O)Nc1ccccc1N. The van der Waals surface area contributed by atoms with Crippen LogP contribution >= 0.6 is 0 Å². The Morgan fingerprint density at radius 1 is 1.25 bits per heavy atom. The van der Waals surface area contributed by atoms with Crippen molar-refractivity contribution in [2.45, 2.75) is 6.92 Å². The normalized spacial score (nSPS) is 10.8. The van der Waals surface area contributed by atoms with Crippen molar-refractivity contribution in [1.82, 2.24) is 0 Å². The van der Waals surface area contributed by atoms with Gasteiger partial charge in [0.05, 0.1) is 18.0 Å². The summed E-state index contributed by atoms with van der Waals surface area (Å²) in [7, 11) is -3.86. The van der Waals surface area contributed by atoms with Gasteiger partial charge in [0.25, 0.3) is 0 Å².